The number of benzene rings is 3. The van der Waals surface area contributed by atoms with Crippen LogP contribution in [0.25, 0.3) is 0 Å². The van der Waals surface area contributed by atoms with Gasteiger partial charge < -0.3 is 9.47 Å². The van der Waals surface area contributed by atoms with Gasteiger partial charge in [-0.05, 0) is 76.7 Å². The average molecular weight is 583 g/mol. The van der Waals surface area contributed by atoms with Crippen molar-refractivity contribution in [3.05, 3.63) is 137 Å². The Hall–Kier alpha value is -5.59. The van der Waals surface area contributed by atoms with Crippen LogP contribution in [0.4, 0.5) is 17.6 Å². The van der Waals surface area contributed by atoms with E-state index in [1.807, 2.05) is 12.1 Å². The van der Waals surface area contributed by atoms with Crippen molar-refractivity contribution in [3.63, 3.8) is 0 Å². The van der Waals surface area contributed by atoms with Gasteiger partial charge in [-0.2, -0.15) is 14.0 Å². The molecule has 12 heteroatoms. The predicted octanol–water partition coefficient (Wildman–Crippen LogP) is 5.41. The van der Waals surface area contributed by atoms with Crippen molar-refractivity contribution in [3.8, 4) is 23.7 Å². The Morgan fingerprint density at radius 1 is 0.930 bits per heavy atom. The summed E-state index contributed by atoms with van der Waals surface area (Å²) < 4.78 is 72.5. The molecule has 1 fully saturated rings. The highest BCUT2D eigenvalue weighted by Crippen LogP contribution is 2.65. The number of epoxide rings is 1. The van der Waals surface area contributed by atoms with E-state index in [4.69, 9.17) is 14.7 Å². The largest absolute Gasteiger partial charge is 0.489 e. The Kier molecular flexibility index (Phi) is 7.06. The molecule has 1 saturated heterocycles. The number of aromatic nitrogens is 5. The SMILES string of the molecule is N#Cc1ccc(OCc2ccc(C#Cc3ccc(C(F)(F)C4(c5ccc(F)cc5F)OC4n4cnnn4)nc3)cc2)cc1. The normalized spacial score (nSPS) is 17.4. The summed E-state index contributed by atoms with van der Waals surface area (Å²) in [7, 11) is 0. The number of pyridine rings is 1. The summed E-state index contributed by atoms with van der Waals surface area (Å²) >= 11 is 0. The summed E-state index contributed by atoms with van der Waals surface area (Å²) in [5, 5.41) is 19.3. The average Bonchev–Trinajstić information content (AvgIpc) is 3.55. The van der Waals surface area contributed by atoms with Crippen LogP contribution in [0.1, 0.15) is 39.7 Å². The van der Waals surface area contributed by atoms with E-state index in [1.54, 1.807) is 36.4 Å². The molecule has 3 aromatic carbocycles. The van der Waals surface area contributed by atoms with E-state index in [0.29, 0.717) is 35.1 Å². The fourth-order valence-corrected chi connectivity index (χ4v) is 4.51. The fraction of sp³-hybridized carbons (Fsp3) is 0.129. The Labute approximate surface area is 242 Å². The van der Waals surface area contributed by atoms with Crippen LogP contribution in [0.15, 0.2) is 91.4 Å². The lowest BCUT2D eigenvalue weighted by molar-refractivity contribution is -0.0910. The first kappa shape index (κ1) is 27.6. The molecule has 0 amide bonds. The lowest BCUT2D eigenvalue weighted by Gasteiger charge is -2.24. The van der Waals surface area contributed by atoms with Gasteiger partial charge in [-0.25, -0.2) is 13.5 Å². The van der Waals surface area contributed by atoms with Crippen LogP contribution in [0.2, 0.25) is 0 Å². The van der Waals surface area contributed by atoms with Crippen LogP contribution >= 0.6 is 0 Å². The minimum Gasteiger partial charge on any atom is -0.489 e. The van der Waals surface area contributed by atoms with E-state index in [0.717, 1.165) is 34.8 Å². The van der Waals surface area contributed by atoms with Crippen molar-refractivity contribution < 1.29 is 27.0 Å². The van der Waals surface area contributed by atoms with Gasteiger partial charge in [-0.3, -0.25) is 4.98 Å². The summed E-state index contributed by atoms with van der Waals surface area (Å²) in [5.74, 6) is 0.474. The third-order valence-corrected chi connectivity index (χ3v) is 6.77. The van der Waals surface area contributed by atoms with Crippen LogP contribution in [-0.2, 0) is 22.9 Å². The molecule has 2 aromatic heterocycles. The highest BCUT2D eigenvalue weighted by molar-refractivity contribution is 5.44. The molecule has 0 bridgehead atoms. The maximum absolute atomic E-state index is 16.0. The number of ether oxygens (including phenoxy) is 2. The van der Waals surface area contributed by atoms with Crippen molar-refractivity contribution in [2.24, 2.45) is 0 Å². The topological polar surface area (TPSA) is 102 Å². The quantitative estimate of drug-likeness (QED) is 0.144. The third kappa shape index (κ3) is 5.27. The van der Waals surface area contributed by atoms with E-state index in [9.17, 15) is 8.78 Å². The number of rotatable bonds is 7. The Morgan fingerprint density at radius 2 is 1.65 bits per heavy atom. The molecule has 1 aliphatic heterocycles. The molecule has 0 spiro atoms. The monoisotopic (exact) mass is 582 g/mol. The zero-order chi connectivity index (χ0) is 30.0. The molecule has 5 aromatic rings. The second-order valence-electron chi connectivity index (χ2n) is 9.50. The highest BCUT2D eigenvalue weighted by Gasteiger charge is 2.76. The Balaban J connectivity index is 1.18. The molecule has 0 saturated carbocycles. The standard InChI is InChI=1S/C31H18F4N6O2/c32-24-10-13-26(27(33)15-24)30(29(43-30)41-19-38-39-40-41)31(34,35)28-14-9-22(17-37-28)4-1-20-2-5-23(6-3-20)18-42-25-11-7-21(16-36)8-12-25/h2-3,5-15,17,19,29H,18H2. The number of halogens is 4. The van der Waals surface area contributed by atoms with Gasteiger partial charge in [0.2, 0.25) is 5.60 Å². The number of nitriles is 1. The minimum atomic E-state index is -3.87. The first-order valence-electron chi connectivity index (χ1n) is 12.7. The highest BCUT2D eigenvalue weighted by atomic mass is 19.3. The van der Waals surface area contributed by atoms with Gasteiger partial charge in [0.05, 0.1) is 11.6 Å². The second-order valence-corrected chi connectivity index (χ2v) is 9.50. The predicted molar refractivity (Wildman–Crippen MR) is 142 cm³/mol. The molecule has 0 N–H and O–H groups in total. The van der Waals surface area contributed by atoms with Crippen molar-refractivity contribution in [1.29, 1.82) is 5.26 Å². The first-order valence-corrected chi connectivity index (χ1v) is 12.7. The van der Waals surface area contributed by atoms with Gasteiger partial charge >= 0.3 is 5.92 Å². The minimum absolute atomic E-state index is 0.320. The zero-order valence-electron chi connectivity index (χ0n) is 22.0. The van der Waals surface area contributed by atoms with E-state index >= 15 is 8.78 Å². The lowest BCUT2D eigenvalue weighted by atomic mass is 9.88. The van der Waals surface area contributed by atoms with Gasteiger partial charge in [0.15, 0.2) is 6.23 Å². The van der Waals surface area contributed by atoms with E-state index in [2.05, 4.69) is 38.4 Å². The maximum Gasteiger partial charge on any atom is 0.326 e. The van der Waals surface area contributed by atoms with Crippen molar-refractivity contribution >= 4 is 0 Å². The molecule has 6 rings (SSSR count). The molecule has 212 valence electrons. The summed E-state index contributed by atoms with van der Waals surface area (Å²) in [6, 6.07) is 20.9. The Morgan fingerprint density at radius 3 is 2.30 bits per heavy atom. The van der Waals surface area contributed by atoms with Crippen LogP contribution in [-0.4, -0.2) is 25.2 Å². The number of nitrogens with zero attached hydrogens (tertiary/aromatic N) is 6. The Bertz CT molecular complexity index is 1860. The molecule has 3 heterocycles. The molecule has 1 aliphatic rings. The first-order chi connectivity index (χ1) is 20.8. The summed E-state index contributed by atoms with van der Waals surface area (Å²) in [6.45, 7) is 0.320. The molecule has 8 nitrogen and oxygen atoms in total. The van der Waals surface area contributed by atoms with Crippen LogP contribution in [0, 0.1) is 34.8 Å². The van der Waals surface area contributed by atoms with Gasteiger partial charge in [-0.1, -0.05) is 24.0 Å². The van der Waals surface area contributed by atoms with Gasteiger partial charge in [-0.15, -0.1) is 5.10 Å². The molecule has 2 unspecified atom stereocenters. The molecule has 0 radical (unpaired) electrons. The van der Waals surface area contributed by atoms with Crippen LogP contribution < -0.4 is 4.74 Å². The molecule has 43 heavy (non-hydrogen) atoms. The van der Waals surface area contributed by atoms with E-state index in [-0.39, 0.29) is 0 Å². The van der Waals surface area contributed by atoms with Crippen molar-refractivity contribution in [2.45, 2.75) is 24.4 Å². The number of alkyl halides is 2. The van der Waals surface area contributed by atoms with Gasteiger partial charge in [0.1, 0.15) is 36.0 Å². The second kappa shape index (κ2) is 11.0. The molecular weight excluding hydrogens is 564 g/mol. The number of hydrogen-bond acceptors (Lipinski definition) is 7. The maximum atomic E-state index is 16.0. The van der Waals surface area contributed by atoms with Crippen molar-refractivity contribution in [2.75, 3.05) is 0 Å². The number of hydrogen-bond donors (Lipinski definition) is 0. The van der Waals surface area contributed by atoms with Crippen LogP contribution in [0.3, 0.4) is 0 Å². The van der Waals surface area contributed by atoms with Crippen LogP contribution in [0.5, 0.6) is 5.75 Å². The zero-order valence-corrected chi connectivity index (χ0v) is 22.0. The molecule has 0 aliphatic carbocycles. The van der Waals surface area contributed by atoms with Crippen molar-refractivity contribution in [1.82, 2.24) is 25.2 Å². The smallest absolute Gasteiger partial charge is 0.326 e. The fourth-order valence-electron chi connectivity index (χ4n) is 4.51. The van der Waals surface area contributed by atoms with E-state index in [1.165, 1.54) is 12.3 Å². The lowest BCUT2D eigenvalue weighted by Crippen LogP contribution is -2.36. The summed E-state index contributed by atoms with van der Waals surface area (Å²) in [6.07, 6.45) is 0.778. The van der Waals surface area contributed by atoms with Gasteiger partial charge in [0.25, 0.3) is 0 Å². The van der Waals surface area contributed by atoms with E-state index < -0.39 is 40.6 Å². The molecule has 2 atom stereocenters. The van der Waals surface area contributed by atoms with Gasteiger partial charge in [0, 0.05) is 29.0 Å². The third-order valence-electron chi connectivity index (χ3n) is 6.77. The number of tetrazole rings is 1. The summed E-state index contributed by atoms with van der Waals surface area (Å²) in [4.78, 5) is 3.91. The molecular formula is C31H18F4N6O2. The summed E-state index contributed by atoms with van der Waals surface area (Å²) in [5.41, 5.74) is -1.34.